The number of aromatic carboxylic acids is 1. The molecule has 6 nitrogen and oxygen atoms in total. The zero-order chi connectivity index (χ0) is 15.8. The van der Waals surface area contributed by atoms with Crippen molar-refractivity contribution in [2.75, 3.05) is 4.72 Å². The highest BCUT2D eigenvalue weighted by Crippen LogP contribution is 2.29. The minimum absolute atomic E-state index is 0.166. The summed E-state index contributed by atoms with van der Waals surface area (Å²) in [5, 5.41) is 8.70. The van der Waals surface area contributed by atoms with Crippen LogP contribution in [0.3, 0.4) is 0 Å². The number of benzene rings is 1. The van der Waals surface area contributed by atoms with Crippen LogP contribution in [0.1, 0.15) is 16.1 Å². The van der Waals surface area contributed by atoms with Crippen LogP contribution in [-0.2, 0) is 10.0 Å². The summed E-state index contributed by atoms with van der Waals surface area (Å²) in [5.41, 5.74) is -0.0772. The van der Waals surface area contributed by atoms with Crippen molar-refractivity contribution in [1.29, 1.82) is 0 Å². The number of sulfonamides is 1. The van der Waals surface area contributed by atoms with Gasteiger partial charge in [-0.05, 0) is 36.7 Å². The quantitative estimate of drug-likeness (QED) is 0.883. The molecule has 0 unspecified atom stereocenters. The van der Waals surface area contributed by atoms with Gasteiger partial charge >= 0.3 is 5.97 Å². The zero-order valence-electron chi connectivity index (χ0n) is 10.4. The summed E-state index contributed by atoms with van der Waals surface area (Å²) in [7, 11) is -4.22. The van der Waals surface area contributed by atoms with E-state index in [4.69, 9.17) is 16.7 Å². The Balaban J connectivity index is 2.48. The Labute approximate surface area is 128 Å². The van der Waals surface area contributed by atoms with E-state index >= 15 is 0 Å². The topological polar surface area (TPSA) is 96.4 Å². The predicted molar refractivity (Wildman–Crippen MR) is 76.0 cm³/mol. The predicted octanol–water partition coefficient (Wildman–Crippen LogP) is 2.74. The smallest absolute Gasteiger partial charge is 0.340 e. The second kappa shape index (κ2) is 5.58. The van der Waals surface area contributed by atoms with Crippen LogP contribution in [0.4, 0.5) is 9.39 Å². The van der Waals surface area contributed by atoms with Crippen molar-refractivity contribution < 1.29 is 22.7 Å². The van der Waals surface area contributed by atoms with Crippen molar-refractivity contribution in [2.45, 2.75) is 11.8 Å². The zero-order valence-corrected chi connectivity index (χ0v) is 12.8. The maximum Gasteiger partial charge on any atom is 0.340 e. The number of aryl methyl sites for hydroxylation is 1. The van der Waals surface area contributed by atoms with E-state index in [9.17, 15) is 17.6 Å². The molecule has 0 amide bonds. The fraction of sp³-hybridized carbons (Fsp3) is 0.0909. The molecule has 0 saturated carbocycles. The molecule has 1 heterocycles. The molecule has 0 aliphatic heterocycles. The fourth-order valence-electron chi connectivity index (χ4n) is 1.55. The lowest BCUT2D eigenvalue weighted by molar-refractivity contribution is 0.0697. The van der Waals surface area contributed by atoms with E-state index in [2.05, 4.69) is 9.10 Å². The normalized spacial score (nSPS) is 11.4. The Hall–Kier alpha value is -1.71. The summed E-state index contributed by atoms with van der Waals surface area (Å²) in [6.45, 7) is 1.44. The van der Waals surface area contributed by atoms with Crippen LogP contribution in [0.25, 0.3) is 0 Å². The number of aromatic nitrogens is 1. The lowest BCUT2D eigenvalue weighted by Crippen LogP contribution is -2.15. The lowest BCUT2D eigenvalue weighted by Gasteiger charge is -2.08. The molecule has 0 fully saturated rings. The van der Waals surface area contributed by atoms with Crippen molar-refractivity contribution in [3.05, 3.63) is 40.3 Å². The molecule has 1 aromatic heterocycles. The lowest BCUT2D eigenvalue weighted by atomic mass is 10.2. The second-order valence-corrected chi connectivity index (χ2v) is 6.79. The van der Waals surface area contributed by atoms with E-state index in [-0.39, 0.29) is 21.3 Å². The molecule has 112 valence electrons. The molecule has 1 aromatic carbocycles. The van der Waals surface area contributed by atoms with Crippen LogP contribution in [0.5, 0.6) is 0 Å². The summed E-state index contributed by atoms with van der Waals surface area (Å²) in [5.74, 6) is -2.09. The minimum atomic E-state index is -4.22. The number of nitrogens with one attached hydrogen (secondary N) is 1. The third kappa shape index (κ3) is 3.14. The molecule has 21 heavy (non-hydrogen) atoms. The van der Waals surface area contributed by atoms with Crippen molar-refractivity contribution in [3.63, 3.8) is 0 Å². The van der Waals surface area contributed by atoms with Gasteiger partial charge in [-0.25, -0.2) is 17.6 Å². The van der Waals surface area contributed by atoms with E-state index in [1.807, 2.05) is 0 Å². The summed E-state index contributed by atoms with van der Waals surface area (Å²) >= 11 is 6.42. The van der Waals surface area contributed by atoms with E-state index in [0.717, 1.165) is 18.2 Å². The Kier molecular flexibility index (Phi) is 4.17. The first-order valence-electron chi connectivity index (χ1n) is 5.40. The Morgan fingerprint density at radius 2 is 2.14 bits per heavy atom. The number of carboxylic acids is 1. The molecule has 10 heteroatoms. The van der Waals surface area contributed by atoms with Crippen LogP contribution in [0, 0.1) is 12.7 Å². The van der Waals surface area contributed by atoms with Gasteiger partial charge < -0.3 is 5.11 Å². The molecule has 2 N–H and O–H groups in total. The van der Waals surface area contributed by atoms with Crippen molar-refractivity contribution in [2.24, 2.45) is 0 Å². The maximum absolute atomic E-state index is 13.2. The molecule has 0 saturated heterocycles. The molecular formula is C11H8ClFN2O4S2. The van der Waals surface area contributed by atoms with Crippen LogP contribution in [0.15, 0.2) is 23.1 Å². The van der Waals surface area contributed by atoms with E-state index in [1.54, 1.807) is 0 Å². The van der Waals surface area contributed by atoms with Crippen LogP contribution in [-0.4, -0.2) is 23.9 Å². The Morgan fingerprint density at radius 1 is 1.48 bits per heavy atom. The van der Waals surface area contributed by atoms with Gasteiger partial charge in [0.05, 0.1) is 10.7 Å². The molecule has 0 bridgehead atoms. The van der Waals surface area contributed by atoms with Gasteiger partial charge in [-0.2, -0.15) is 4.37 Å². The maximum atomic E-state index is 13.2. The monoisotopic (exact) mass is 350 g/mol. The SMILES string of the molecule is Cc1nsc(NS(=O)(=O)c2cc(F)ccc2Cl)c1C(=O)O. The standard InChI is InChI=1S/C11H8ClFN2O4S2/c1-5-9(11(16)17)10(20-14-5)15-21(18,19)8-4-6(13)2-3-7(8)12/h2-4,15H,1H3,(H,16,17). The number of rotatable bonds is 4. The highest BCUT2D eigenvalue weighted by Gasteiger charge is 2.25. The van der Waals surface area contributed by atoms with Crippen molar-refractivity contribution >= 4 is 44.1 Å². The molecule has 0 atom stereocenters. The first-order chi connectivity index (χ1) is 9.72. The molecule has 0 aliphatic rings. The average Bonchev–Trinajstić information content (AvgIpc) is 2.72. The number of hydrogen-bond donors (Lipinski definition) is 2. The molecule has 0 spiro atoms. The van der Waals surface area contributed by atoms with E-state index < -0.39 is 26.7 Å². The van der Waals surface area contributed by atoms with Gasteiger partial charge in [-0.1, -0.05) is 11.6 Å². The van der Waals surface area contributed by atoms with Gasteiger partial charge in [0.25, 0.3) is 10.0 Å². The summed E-state index contributed by atoms with van der Waals surface area (Å²) in [6.07, 6.45) is 0. The third-order valence-corrected chi connectivity index (χ3v) is 5.30. The van der Waals surface area contributed by atoms with E-state index in [0.29, 0.717) is 11.5 Å². The van der Waals surface area contributed by atoms with Gasteiger partial charge in [0.2, 0.25) is 0 Å². The first-order valence-corrected chi connectivity index (χ1v) is 8.03. The Bertz CT molecular complexity index is 820. The number of nitrogens with zero attached hydrogens (tertiary/aromatic N) is 1. The summed E-state index contributed by atoms with van der Waals surface area (Å²) in [4.78, 5) is 10.6. The fourth-order valence-corrected chi connectivity index (χ4v) is 4.15. The van der Waals surface area contributed by atoms with Crippen LogP contribution >= 0.6 is 23.1 Å². The van der Waals surface area contributed by atoms with Crippen molar-refractivity contribution in [3.8, 4) is 0 Å². The average molecular weight is 351 g/mol. The third-order valence-electron chi connectivity index (χ3n) is 2.49. The van der Waals surface area contributed by atoms with Gasteiger partial charge in [-0.15, -0.1) is 0 Å². The largest absolute Gasteiger partial charge is 0.478 e. The van der Waals surface area contributed by atoms with E-state index in [1.165, 1.54) is 6.92 Å². The van der Waals surface area contributed by atoms with Crippen molar-refractivity contribution in [1.82, 2.24) is 4.37 Å². The van der Waals surface area contributed by atoms with Gasteiger partial charge in [-0.3, -0.25) is 4.72 Å². The molecule has 0 aliphatic carbocycles. The minimum Gasteiger partial charge on any atom is -0.478 e. The highest BCUT2D eigenvalue weighted by molar-refractivity contribution is 7.93. The number of carboxylic acid groups (broad SMARTS) is 1. The molecule has 2 aromatic rings. The second-order valence-electron chi connectivity index (χ2n) is 3.96. The summed E-state index contributed by atoms with van der Waals surface area (Å²) < 4.78 is 43.4. The summed E-state index contributed by atoms with van der Waals surface area (Å²) in [6, 6.07) is 2.86. The Morgan fingerprint density at radius 3 is 2.76 bits per heavy atom. The molecule has 2 rings (SSSR count). The number of carbonyl (C=O) groups is 1. The first kappa shape index (κ1) is 15.7. The van der Waals surface area contributed by atoms with Crippen LogP contribution < -0.4 is 4.72 Å². The number of halogens is 2. The van der Waals surface area contributed by atoms with Gasteiger partial charge in [0, 0.05) is 0 Å². The highest BCUT2D eigenvalue weighted by atomic mass is 35.5. The van der Waals surface area contributed by atoms with Gasteiger partial charge in [0.15, 0.2) is 0 Å². The number of hydrogen-bond acceptors (Lipinski definition) is 5. The molecular weight excluding hydrogens is 343 g/mol. The van der Waals surface area contributed by atoms with Crippen LogP contribution in [0.2, 0.25) is 5.02 Å². The molecule has 0 radical (unpaired) electrons. The van der Waals surface area contributed by atoms with Gasteiger partial charge in [0.1, 0.15) is 21.3 Å². The number of anilines is 1.